The van der Waals surface area contributed by atoms with Crippen LogP contribution < -0.4 is 0 Å². The quantitative estimate of drug-likeness (QED) is 0.644. The van der Waals surface area contributed by atoms with Gasteiger partial charge in [-0.15, -0.1) is 5.10 Å². The Bertz CT molecular complexity index is 617. The summed E-state index contributed by atoms with van der Waals surface area (Å²) >= 11 is 0. The second-order valence-corrected chi connectivity index (χ2v) is 3.51. The third kappa shape index (κ3) is 1.90. The SMILES string of the molecule is Cc1nnn(-c2ccc([N+](=O)[O-])cc2)c1C(=O)O. The average molecular weight is 248 g/mol. The van der Waals surface area contributed by atoms with E-state index in [4.69, 9.17) is 5.11 Å². The predicted octanol–water partition coefficient (Wildman–Crippen LogP) is 1.18. The number of carbonyl (C=O) groups is 1. The van der Waals surface area contributed by atoms with E-state index in [2.05, 4.69) is 10.3 Å². The summed E-state index contributed by atoms with van der Waals surface area (Å²) in [5.41, 5.74) is 0.538. The molecule has 1 aromatic carbocycles. The minimum Gasteiger partial charge on any atom is -0.476 e. The monoisotopic (exact) mass is 248 g/mol. The van der Waals surface area contributed by atoms with Gasteiger partial charge in [0.15, 0.2) is 5.69 Å². The molecule has 0 spiro atoms. The summed E-state index contributed by atoms with van der Waals surface area (Å²) in [6, 6.07) is 5.38. The fraction of sp³-hybridized carbons (Fsp3) is 0.100. The number of aromatic nitrogens is 3. The van der Waals surface area contributed by atoms with E-state index in [9.17, 15) is 14.9 Å². The average Bonchev–Trinajstić information content (AvgIpc) is 2.71. The van der Waals surface area contributed by atoms with E-state index in [1.165, 1.54) is 31.2 Å². The first kappa shape index (κ1) is 11.7. The van der Waals surface area contributed by atoms with E-state index in [1.807, 2.05) is 0 Å². The number of nitro benzene ring substituents is 1. The number of rotatable bonds is 3. The van der Waals surface area contributed by atoms with Crippen LogP contribution in [0, 0.1) is 17.0 Å². The molecule has 0 amide bonds. The highest BCUT2D eigenvalue weighted by Crippen LogP contribution is 2.17. The number of aryl methyl sites for hydroxylation is 1. The van der Waals surface area contributed by atoms with Crippen molar-refractivity contribution in [2.45, 2.75) is 6.92 Å². The van der Waals surface area contributed by atoms with Crippen LogP contribution in [0.5, 0.6) is 0 Å². The van der Waals surface area contributed by atoms with Gasteiger partial charge < -0.3 is 5.11 Å². The van der Waals surface area contributed by atoms with Crippen LogP contribution in [0.25, 0.3) is 5.69 Å². The Morgan fingerprint density at radius 2 is 2.00 bits per heavy atom. The summed E-state index contributed by atoms with van der Waals surface area (Å²) in [4.78, 5) is 21.0. The number of carboxylic acid groups (broad SMARTS) is 1. The van der Waals surface area contributed by atoms with Gasteiger partial charge in [-0.2, -0.15) is 0 Å². The molecule has 0 saturated carbocycles. The van der Waals surface area contributed by atoms with Gasteiger partial charge in [-0.25, -0.2) is 9.48 Å². The van der Waals surface area contributed by atoms with Gasteiger partial charge in [0.05, 0.1) is 16.3 Å². The Hall–Kier alpha value is -2.77. The maximum atomic E-state index is 11.0. The Morgan fingerprint density at radius 1 is 1.39 bits per heavy atom. The van der Waals surface area contributed by atoms with Crippen LogP contribution in [0.3, 0.4) is 0 Å². The largest absolute Gasteiger partial charge is 0.476 e. The van der Waals surface area contributed by atoms with Crippen molar-refractivity contribution in [1.82, 2.24) is 15.0 Å². The number of hydrogen-bond acceptors (Lipinski definition) is 5. The number of nitrogens with zero attached hydrogens (tertiary/aromatic N) is 4. The first-order valence-corrected chi connectivity index (χ1v) is 4.91. The third-order valence-electron chi connectivity index (χ3n) is 2.35. The zero-order chi connectivity index (χ0) is 13.3. The van der Waals surface area contributed by atoms with Crippen molar-refractivity contribution in [3.8, 4) is 5.69 Å². The number of carboxylic acids is 1. The highest BCUT2D eigenvalue weighted by Gasteiger charge is 2.18. The highest BCUT2D eigenvalue weighted by molar-refractivity contribution is 5.87. The minimum absolute atomic E-state index is 0.0659. The molecule has 1 aromatic heterocycles. The van der Waals surface area contributed by atoms with Crippen molar-refractivity contribution in [2.24, 2.45) is 0 Å². The van der Waals surface area contributed by atoms with Gasteiger partial charge in [0.25, 0.3) is 5.69 Å². The van der Waals surface area contributed by atoms with Crippen molar-refractivity contribution in [3.63, 3.8) is 0 Å². The molecule has 92 valence electrons. The summed E-state index contributed by atoms with van der Waals surface area (Å²) in [7, 11) is 0. The molecule has 0 bridgehead atoms. The van der Waals surface area contributed by atoms with E-state index in [0.717, 1.165) is 4.68 Å². The van der Waals surface area contributed by atoms with Crippen LogP contribution in [-0.2, 0) is 0 Å². The van der Waals surface area contributed by atoms with E-state index < -0.39 is 10.9 Å². The molecular formula is C10H8N4O4. The summed E-state index contributed by atoms with van der Waals surface area (Å²) in [6.07, 6.45) is 0. The lowest BCUT2D eigenvalue weighted by molar-refractivity contribution is -0.384. The first-order valence-electron chi connectivity index (χ1n) is 4.91. The van der Waals surface area contributed by atoms with Crippen LogP contribution in [0.2, 0.25) is 0 Å². The molecule has 18 heavy (non-hydrogen) atoms. The molecule has 1 heterocycles. The Kier molecular flexibility index (Phi) is 2.76. The zero-order valence-corrected chi connectivity index (χ0v) is 9.27. The Labute approximate surface area is 101 Å². The number of nitro groups is 1. The predicted molar refractivity (Wildman–Crippen MR) is 59.7 cm³/mol. The van der Waals surface area contributed by atoms with Crippen molar-refractivity contribution in [1.29, 1.82) is 0 Å². The van der Waals surface area contributed by atoms with Gasteiger partial charge in [-0.3, -0.25) is 10.1 Å². The fourth-order valence-electron chi connectivity index (χ4n) is 1.50. The van der Waals surface area contributed by atoms with E-state index in [0.29, 0.717) is 5.69 Å². The molecule has 0 aliphatic rings. The summed E-state index contributed by atoms with van der Waals surface area (Å²) < 4.78 is 1.13. The highest BCUT2D eigenvalue weighted by atomic mass is 16.6. The van der Waals surface area contributed by atoms with Gasteiger partial charge in [-0.05, 0) is 19.1 Å². The number of aromatic carboxylic acids is 1. The zero-order valence-electron chi connectivity index (χ0n) is 9.27. The second-order valence-electron chi connectivity index (χ2n) is 3.51. The van der Waals surface area contributed by atoms with Crippen molar-refractivity contribution >= 4 is 11.7 Å². The molecule has 0 aliphatic carbocycles. The lowest BCUT2D eigenvalue weighted by Gasteiger charge is -2.02. The number of non-ortho nitro benzene ring substituents is 1. The molecule has 2 rings (SSSR count). The van der Waals surface area contributed by atoms with Crippen molar-refractivity contribution < 1.29 is 14.8 Å². The van der Waals surface area contributed by atoms with Crippen LogP contribution in [0.15, 0.2) is 24.3 Å². The molecule has 2 aromatic rings. The van der Waals surface area contributed by atoms with Gasteiger partial charge in [0.1, 0.15) is 0 Å². The molecule has 0 atom stereocenters. The molecule has 0 saturated heterocycles. The smallest absolute Gasteiger partial charge is 0.356 e. The molecule has 0 fully saturated rings. The lowest BCUT2D eigenvalue weighted by atomic mass is 10.2. The lowest BCUT2D eigenvalue weighted by Crippen LogP contribution is -2.09. The summed E-state index contributed by atoms with van der Waals surface area (Å²) in [5, 5.41) is 26.9. The van der Waals surface area contributed by atoms with Crippen molar-refractivity contribution in [2.75, 3.05) is 0 Å². The Morgan fingerprint density at radius 3 is 2.50 bits per heavy atom. The number of benzene rings is 1. The molecule has 8 heteroatoms. The maximum absolute atomic E-state index is 11.0. The summed E-state index contributed by atoms with van der Waals surface area (Å²) in [6.45, 7) is 1.53. The standard InChI is InChI=1S/C10H8N4O4/c1-6-9(10(15)16)13(12-11-6)7-2-4-8(5-3-7)14(17)18/h2-5H,1H3,(H,15,16). The molecule has 0 aliphatic heterocycles. The Balaban J connectivity index is 2.49. The topological polar surface area (TPSA) is 111 Å². The first-order chi connectivity index (χ1) is 8.50. The summed E-state index contributed by atoms with van der Waals surface area (Å²) in [5.74, 6) is -1.16. The van der Waals surface area contributed by atoms with Crippen LogP contribution in [0.4, 0.5) is 5.69 Å². The molecule has 1 N–H and O–H groups in total. The van der Waals surface area contributed by atoms with E-state index in [-0.39, 0.29) is 17.1 Å². The van der Waals surface area contributed by atoms with Crippen molar-refractivity contribution in [3.05, 3.63) is 45.8 Å². The van der Waals surface area contributed by atoms with Gasteiger partial charge in [0, 0.05) is 12.1 Å². The molecular weight excluding hydrogens is 240 g/mol. The maximum Gasteiger partial charge on any atom is 0.356 e. The minimum atomic E-state index is -1.16. The van der Waals surface area contributed by atoms with Crippen LogP contribution >= 0.6 is 0 Å². The third-order valence-corrected chi connectivity index (χ3v) is 2.35. The van der Waals surface area contributed by atoms with Gasteiger partial charge in [0.2, 0.25) is 0 Å². The van der Waals surface area contributed by atoms with Crippen LogP contribution in [0.1, 0.15) is 16.2 Å². The molecule has 0 radical (unpaired) electrons. The van der Waals surface area contributed by atoms with Gasteiger partial charge >= 0.3 is 5.97 Å². The van der Waals surface area contributed by atoms with E-state index >= 15 is 0 Å². The molecule has 8 nitrogen and oxygen atoms in total. The second kappa shape index (κ2) is 4.24. The normalized spacial score (nSPS) is 10.3. The number of hydrogen-bond donors (Lipinski definition) is 1. The van der Waals surface area contributed by atoms with Gasteiger partial charge in [-0.1, -0.05) is 5.21 Å². The van der Waals surface area contributed by atoms with E-state index in [1.54, 1.807) is 0 Å². The molecule has 0 unspecified atom stereocenters. The van der Waals surface area contributed by atoms with Crippen LogP contribution in [-0.4, -0.2) is 31.0 Å². The fourth-order valence-corrected chi connectivity index (χ4v) is 1.50.